The van der Waals surface area contributed by atoms with Crippen LogP contribution < -0.4 is 9.64 Å². The Hall–Kier alpha value is -1.91. The van der Waals surface area contributed by atoms with Gasteiger partial charge in [0.2, 0.25) is 0 Å². The van der Waals surface area contributed by atoms with Crippen molar-refractivity contribution in [1.82, 2.24) is 4.90 Å². The van der Waals surface area contributed by atoms with Gasteiger partial charge in [-0.3, -0.25) is 4.90 Å². The second kappa shape index (κ2) is 9.18. The molecule has 0 unspecified atom stereocenters. The summed E-state index contributed by atoms with van der Waals surface area (Å²) in [7, 11) is 0. The van der Waals surface area contributed by atoms with Gasteiger partial charge in [-0.2, -0.15) is 0 Å². The van der Waals surface area contributed by atoms with Crippen LogP contribution in [0.2, 0.25) is 0 Å². The lowest BCUT2D eigenvalue weighted by atomic mass is 10.2. The second-order valence-corrected chi connectivity index (χ2v) is 5.39. The molecule has 6 nitrogen and oxygen atoms in total. The van der Waals surface area contributed by atoms with Gasteiger partial charge < -0.3 is 9.64 Å². The molecular formula is C16H25N5O. The molecule has 1 aromatic carbocycles. The van der Waals surface area contributed by atoms with Crippen molar-refractivity contribution in [2.45, 2.75) is 19.8 Å². The fraction of sp³-hybridized carbons (Fsp3) is 0.625. The van der Waals surface area contributed by atoms with Gasteiger partial charge in [-0.25, -0.2) is 0 Å². The summed E-state index contributed by atoms with van der Waals surface area (Å²) in [6, 6.07) is 8.27. The van der Waals surface area contributed by atoms with E-state index in [-0.39, 0.29) is 0 Å². The van der Waals surface area contributed by atoms with Gasteiger partial charge in [0.1, 0.15) is 5.75 Å². The van der Waals surface area contributed by atoms with Crippen LogP contribution in [0.25, 0.3) is 10.4 Å². The zero-order valence-corrected chi connectivity index (χ0v) is 13.3. The number of piperazine rings is 1. The molecule has 1 heterocycles. The summed E-state index contributed by atoms with van der Waals surface area (Å²) in [5.41, 5.74) is 9.45. The Morgan fingerprint density at radius 2 is 1.95 bits per heavy atom. The third kappa shape index (κ3) is 4.83. The van der Waals surface area contributed by atoms with Crippen LogP contribution in [-0.4, -0.2) is 50.8 Å². The molecule has 6 heteroatoms. The monoisotopic (exact) mass is 303 g/mol. The van der Waals surface area contributed by atoms with E-state index in [2.05, 4.69) is 32.0 Å². The fourth-order valence-electron chi connectivity index (χ4n) is 2.77. The van der Waals surface area contributed by atoms with Crippen molar-refractivity contribution in [3.05, 3.63) is 34.7 Å². The maximum Gasteiger partial charge on any atom is 0.142 e. The smallest absolute Gasteiger partial charge is 0.142 e. The summed E-state index contributed by atoms with van der Waals surface area (Å²) in [5, 5.41) is 3.57. The Morgan fingerprint density at radius 3 is 2.68 bits per heavy atom. The van der Waals surface area contributed by atoms with Gasteiger partial charge in [-0.15, -0.1) is 0 Å². The predicted molar refractivity (Wildman–Crippen MR) is 89.5 cm³/mol. The molecule has 0 aliphatic carbocycles. The number of para-hydroxylation sites is 2. The van der Waals surface area contributed by atoms with Crippen LogP contribution in [0.5, 0.6) is 5.75 Å². The van der Waals surface area contributed by atoms with Gasteiger partial charge in [-0.05, 0) is 44.0 Å². The molecular weight excluding hydrogens is 278 g/mol. The summed E-state index contributed by atoms with van der Waals surface area (Å²) < 4.78 is 5.72. The van der Waals surface area contributed by atoms with Crippen LogP contribution in [0.3, 0.4) is 0 Å². The van der Waals surface area contributed by atoms with Crippen molar-refractivity contribution in [2.75, 3.05) is 50.8 Å². The molecule has 0 atom stereocenters. The first-order valence-corrected chi connectivity index (χ1v) is 8.05. The van der Waals surface area contributed by atoms with E-state index in [9.17, 15) is 0 Å². The highest BCUT2D eigenvalue weighted by molar-refractivity contribution is 5.58. The predicted octanol–water partition coefficient (Wildman–Crippen LogP) is 3.30. The number of rotatable bonds is 8. The van der Waals surface area contributed by atoms with Crippen LogP contribution in [0.1, 0.15) is 19.8 Å². The lowest BCUT2D eigenvalue weighted by Gasteiger charge is -2.36. The Balaban J connectivity index is 1.78. The largest absolute Gasteiger partial charge is 0.492 e. The number of hydrogen-bond donors (Lipinski definition) is 0. The molecule has 1 fully saturated rings. The average molecular weight is 303 g/mol. The zero-order valence-electron chi connectivity index (χ0n) is 13.3. The van der Waals surface area contributed by atoms with Crippen LogP contribution in [-0.2, 0) is 0 Å². The minimum absolute atomic E-state index is 0.609. The molecule has 1 aromatic rings. The highest BCUT2D eigenvalue weighted by atomic mass is 16.5. The molecule has 22 heavy (non-hydrogen) atoms. The molecule has 0 bridgehead atoms. The first kappa shape index (κ1) is 16.5. The van der Waals surface area contributed by atoms with Gasteiger partial charge >= 0.3 is 0 Å². The first-order chi connectivity index (χ1) is 10.8. The molecule has 0 spiro atoms. The molecule has 120 valence electrons. The van der Waals surface area contributed by atoms with Gasteiger partial charge in [0.25, 0.3) is 0 Å². The van der Waals surface area contributed by atoms with Crippen molar-refractivity contribution in [2.24, 2.45) is 5.11 Å². The van der Waals surface area contributed by atoms with Crippen molar-refractivity contribution in [3.8, 4) is 5.75 Å². The molecule has 2 rings (SSSR count). The number of azide groups is 1. The van der Waals surface area contributed by atoms with Crippen LogP contribution in [0.15, 0.2) is 29.4 Å². The van der Waals surface area contributed by atoms with Gasteiger partial charge in [0.15, 0.2) is 0 Å². The first-order valence-electron chi connectivity index (χ1n) is 8.05. The minimum Gasteiger partial charge on any atom is -0.492 e. The van der Waals surface area contributed by atoms with E-state index < -0.39 is 0 Å². The summed E-state index contributed by atoms with van der Waals surface area (Å²) in [6.45, 7) is 8.61. The number of nitrogens with zero attached hydrogens (tertiary/aromatic N) is 5. The molecule has 1 saturated heterocycles. The molecule has 1 aliphatic rings. The highest BCUT2D eigenvalue weighted by Crippen LogP contribution is 2.28. The Morgan fingerprint density at radius 1 is 1.18 bits per heavy atom. The quantitative estimate of drug-likeness (QED) is 0.320. The fourth-order valence-corrected chi connectivity index (χ4v) is 2.77. The van der Waals surface area contributed by atoms with Crippen molar-refractivity contribution < 1.29 is 4.74 Å². The number of anilines is 1. The normalized spacial score (nSPS) is 15.4. The third-order valence-corrected chi connectivity index (χ3v) is 3.92. The molecule has 1 aliphatic heterocycles. The number of hydrogen-bond acceptors (Lipinski definition) is 4. The van der Waals surface area contributed by atoms with Crippen molar-refractivity contribution in [3.63, 3.8) is 0 Å². The van der Waals surface area contributed by atoms with E-state index in [1.165, 1.54) is 5.69 Å². The lowest BCUT2D eigenvalue weighted by molar-refractivity contribution is 0.252. The molecule has 0 radical (unpaired) electrons. The van der Waals surface area contributed by atoms with E-state index >= 15 is 0 Å². The van der Waals surface area contributed by atoms with E-state index in [1.807, 2.05) is 19.1 Å². The molecule has 0 N–H and O–H groups in total. The number of benzene rings is 1. The summed E-state index contributed by atoms with van der Waals surface area (Å²) in [4.78, 5) is 7.67. The molecule has 0 amide bonds. The van der Waals surface area contributed by atoms with Crippen LogP contribution >= 0.6 is 0 Å². The minimum atomic E-state index is 0.609. The summed E-state index contributed by atoms with van der Waals surface area (Å²) in [5.74, 6) is 0.979. The van der Waals surface area contributed by atoms with E-state index in [0.29, 0.717) is 13.2 Å². The zero-order chi connectivity index (χ0) is 15.6. The van der Waals surface area contributed by atoms with E-state index in [1.54, 1.807) is 0 Å². The maximum absolute atomic E-state index is 8.24. The molecule has 0 aromatic heterocycles. The summed E-state index contributed by atoms with van der Waals surface area (Å²) >= 11 is 0. The standard InChI is InChI=1S/C16H25N5O/c1-2-22-16-8-4-3-7-15(16)21-13-11-20(12-14-21)10-6-5-9-18-19-17/h3-4,7-8H,2,5-6,9-14H2,1H3. The summed E-state index contributed by atoms with van der Waals surface area (Å²) in [6.07, 6.45) is 2.06. The Bertz CT molecular complexity index is 493. The topological polar surface area (TPSA) is 64.5 Å². The third-order valence-electron chi connectivity index (χ3n) is 3.92. The number of unbranched alkanes of at least 4 members (excludes halogenated alkanes) is 1. The van der Waals surface area contributed by atoms with Crippen LogP contribution in [0, 0.1) is 0 Å². The van der Waals surface area contributed by atoms with E-state index in [0.717, 1.165) is 51.3 Å². The van der Waals surface area contributed by atoms with Crippen molar-refractivity contribution in [1.29, 1.82) is 0 Å². The second-order valence-electron chi connectivity index (χ2n) is 5.39. The van der Waals surface area contributed by atoms with Crippen molar-refractivity contribution >= 4 is 5.69 Å². The van der Waals surface area contributed by atoms with Crippen LogP contribution in [0.4, 0.5) is 5.69 Å². The molecule has 0 saturated carbocycles. The Labute approximate surface area is 132 Å². The highest BCUT2D eigenvalue weighted by Gasteiger charge is 2.19. The lowest BCUT2D eigenvalue weighted by Crippen LogP contribution is -2.46. The average Bonchev–Trinajstić information content (AvgIpc) is 2.56. The van der Waals surface area contributed by atoms with Gasteiger partial charge in [0.05, 0.1) is 12.3 Å². The Kier molecular flexibility index (Phi) is 6.87. The van der Waals surface area contributed by atoms with Gasteiger partial charge in [-0.1, -0.05) is 17.2 Å². The van der Waals surface area contributed by atoms with E-state index in [4.69, 9.17) is 10.3 Å². The maximum atomic E-state index is 8.24. The number of ether oxygens (including phenoxy) is 1. The SMILES string of the molecule is CCOc1ccccc1N1CCN(CCCCN=[N+]=[N-])CC1. The van der Waals surface area contributed by atoms with Gasteiger partial charge in [0, 0.05) is 37.6 Å².